The van der Waals surface area contributed by atoms with E-state index in [1.165, 1.54) is 6.20 Å². The van der Waals surface area contributed by atoms with Gasteiger partial charge in [-0.2, -0.15) is 10.2 Å². The highest BCUT2D eigenvalue weighted by Gasteiger charge is 2.08. The van der Waals surface area contributed by atoms with Gasteiger partial charge in [-0.3, -0.25) is 14.8 Å². The number of fused-ring (bicyclic) bond motifs is 1. The summed E-state index contributed by atoms with van der Waals surface area (Å²) in [6.07, 6.45) is 3.06. The number of anilines is 2. The molecule has 0 unspecified atom stereocenters. The Morgan fingerprint density at radius 3 is 2.71 bits per heavy atom. The number of hydrogen-bond donors (Lipinski definition) is 1. The highest BCUT2D eigenvalue weighted by Crippen LogP contribution is 2.27. The first-order valence-electron chi connectivity index (χ1n) is 8.50. The Labute approximate surface area is 160 Å². The van der Waals surface area contributed by atoms with Crippen molar-refractivity contribution >= 4 is 22.3 Å². The molecule has 4 rings (SSSR count). The second-order valence-corrected chi connectivity index (χ2v) is 6.08. The van der Waals surface area contributed by atoms with Gasteiger partial charge in [-0.1, -0.05) is 6.07 Å². The molecule has 0 atom stereocenters. The molecule has 2 heterocycles. The molecule has 1 N–H and O–H groups in total. The summed E-state index contributed by atoms with van der Waals surface area (Å²) in [5.41, 5.74) is 2.61. The van der Waals surface area contributed by atoms with Crippen molar-refractivity contribution in [3.63, 3.8) is 0 Å². The quantitative estimate of drug-likeness (QED) is 0.589. The van der Waals surface area contributed by atoms with Crippen LogP contribution in [0.15, 0.2) is 71.8 Å². The molecule has 136 valence electrons. The first-order valence-corrected chi connectivity index (χ1v) is 8.50. The van der Waals surface area contributed by atoms with Gasteiger partial charge in [0.25, 0.3) is 5.56 Å². The molecule has 4 aromatic rings. The summed E-state index contributed by atoms with van der Waals surface area (Å²) in [7, 11) is 1.92. The number of H-pyrrole nitrogens is 1. The number of benzene rings is 2. The molecule has 2 aromatic heterocycles. The van der Waals surface area contributed by atoms with Crippen LogP contribution in [0.1, 0.15) is 5.56 Å². The van der Waals surface area contributed by atoms with E-state index in [1.54, 1.807) is 30.5 Å². The fourth-order valence-electron chi connectivity index (χ4n) is 2.80. The summed E-state index contributed by atoms with van der Waals surface area (Å²) in [5.74, 6) is 0.536. The molecule has 0 radical (unpaired) electrons. The van der Waals surface area contributed by atoms with Gasteiger partial charge in [0.05, 0.1) is 28.7 Å². The van der Waals surface area contributed by atoms with Gasteiger partial charge in [-0.25, -0.2) is 0 Å². The Balaban J connectivity index is 1.57. The summed E-state index contributed by atoms with van der Waals surface area (Å²) < 4.78 is 5.69. The van der Waals surface area contributed by atoms with Crippen LogP contribution in [-0.4, -0.2) is 22.0 Å². The molecule has 7 heteroatoms. The number of aromatic nitrogens is 3. The molecule has 0 saturated carbocycles. The minimum Gasteiger partial charge on any atom is -0.426 e. The van der Waals surface area contributed by atoms with Gasteiger partial charge in [0.2, 0.25) is 0 Å². The average molecular weight is 369 g/mol. The molecule has 0 saturated heterocycles. The van der Waals surface area contributed by atoms with Crippen molar-refractivity contribution < 1.29 is 4.74 Å². The molecule has 2 aromatic carbocycles. The van der Waals surface area contributed by atoms with Gasteiger partial charge < -0.3 is 9.64 Å². The van der Waals surface area contributed by atoms with Crippen LogP contribution < -0.4 is 15.2 Å². The SMILES string of the molecule is CN(c1ccc(Oc2nc3cnccc3c(=O)[nH]2)cc1)c1cccc(C#N)c1. The molecule has 0 spiro atoms. The number of pyridine rings is 1. The van der Waals surface area contributed by atoms with Gasteiger partial charge in [-0.05, 0) is 48.5 Å². The first kappa shape index (κ1) is 17.2. The molecule has 0 fully saturated rings. The number of nitriles is 1. The normalized spacial score (nSPS) is 10.4. The lowest BCUT2D eigenvalue weighted by Crippen LogP contribution is -2.10. The Kier molecular flexibility index (Phi) is 4.44. The first-order chi connectivity index (χ1) is 13.6. The van der Waals surface area contributed by atoms with Crippen LogP contribution in [0.2, 0.25) is 0 Å². The Morgan fingerprint density at radius 1 is 1.11 bits per heavy atom. The van der Waals surface area contributed by atoms with Crippen LogP contribution in [0.4, 0.5) is 11.4 Å². The Bertz CT molecular complexity index is 1240. The maximum Gasteiger partial charge on any atom is 0.302 e. The lowest BCUT2D eigenvalue weighted by molar-refractivity contribution is 0.443. The third kappa shape index (κ3) is 3.39. The number of nitrogens with zero attached hydrogens (tertiary/aromatic N) is 4. The van der Waals surface area contributed by atoms with E-state index < -0.39 is 0 Å². The standard InChI is InChI=1S/C21H15N5O2/c1-26(16-4-2-3-14(11-16)12-22)15-5-7-17(8-6-15)28-21-24-19-13-23-10-9-18(19)20(27)25-21/h2-11,13H,1H3,(H,24,25,27). The lowest BCUT2D eigenvalue weighted by Gasteiger charge is -2.20. The van der Waals surface area contributed by atoms with Crippen molar-refractivity contribution in [3.8, 4) is 17.8 Å². The topological polar surface area (TPSA) is 94.9 Å². The largest absolute Gasteiger partial charge is 0.426 e. The molecule has 0 bridgehead atoms. The van der Waals surface area contributed by atoms with Gasteiger partial charge in [0, 0.05) is 24.6 Å². The molecule has 28 heavy (non-hydrogen) atoms. The van der Waals surface area contributed by atoms with E-state index in [-0.39, 0.29) is 11.6 Å². The van der Waals surface area contributed by atoms with Crippen molar-refractivity contribution in [1.29, 1.82) is 5.26 Å². The molecular weight excluding hydrogens is 354 g/mol. The zero-order valence-corrected chi connectivity index (χ0v) is 15.0. The highest BCUT2D eigenvalue weighted by molar-refractivity contribution is 5.76. The van der Waals surface area contributed by atoms with Gasteiger partial charge >= 0.3 is 6.01 Å². The second-order valence-electron chi connectivity index (χ2n) is 6.08. The predicted molar refractivity (Wildman–Crippen MR) is 106 cm³/mol. The van der Waals surface area contributed by atoms with E-state index in [0.29, 0.717) is 22.2 Å². The highest BCUT2D eigenvalue weighted by atomic mass is 16.5. The van der Waals surface area contributed by atoms with Crippen molar-refractivity contribution in [2.75, 3.05) is 11.9 Å². The predicted octanol–water partition coefficient (Wildman–Crippen LogP) is 3.75. The number of aromatic amines is 1. The maximum atomic E-state index is 12.1. The van der Waals surface area contributed by atoms with Crippen molar-refractivity contribution in [3.05, 3.63) is 82.9 Å². The Hall–Kier alpha value is -4.18. The van der Waals surface area contributed by atoms with E-state index in [0.717, 1.165) is 11.4 Å². The summed E-state index contributed by atoms with van der Waals surface area (Å²) >= 11 is 0. The molecule has 0 amide bonds. The number of ether oxygens (including phenoxy) is 1. The summed E-state index contributed by atoms with van der Waals surface area (Å²) in [6.45, 7) is 0. The molecule has 0 aliphatic heterocycles. The van der Waals surface area contributed by atoms with E-state index in [9.17, 15) is 4.79 Å². The van der Waals surface area contributed by atoms with Gasteiger partial charge in [0.1, 0.15) is 5.75 Å². The second kappa shape index (κ2) is 7.21. The molecule has 7 nitrogen and oxygen atoms in total. The van der Waals surface area contributed by atoms with Crippen LogP contribution in [0.5, 0.6) is 11.8 Å². The van der Waals surface area contributed by atoms with Crippen molar-refractivity contribution in [2.45, 2.75) is 0 Å². The van der Waals surface area contributed by atoms with Crippen molar-refractivity contribution in [2.24, 2.45) is 0 Å². The van der Waals surface area contributed by atoms with Gasteiger partial charge in [-0.15, -0.1) is 0 Å². The number of hydrogen-bond acceptors (Lipinski definition) is 6. The van der Waals surface area contributed by atoms with E-state index in [4.69, 9.17) is 10.00 Å². The van der Waals surface area contributed by atoms with Crippen LogP contribution in [0.3, 0.4) is 0 Å². The summed E-state index contributed by atoms with van der Waals surface area (Å²) in [4.78, 5) is 24.9. The monoisotopic (exact) mass is 369 g/mol. The zero-order valence-electron chi connectivity index (χ0n) is 15.0. The Morgan fingerprint density at radius 2 is 1.93 bits per heavy atom. The van der Waals surface area contributed by atoms with Crippen LogP contribution in [0.25, 0.3) is 10.9 Å². The van der Waals surface area contributed by atoms with E-state index in [2.05, 4.69) is 21.0 Å². The third-order valence-corrected chi connectivity index (χ3v) is 4.29. The van der Waals surface area contributed by atoms with Crippen LogP contribution in [0, 0.1) is 11.3 Å². The fraction of sp³-hybridized carbons (Fsp3) is 0.0476. The summed E-state index contributed by atoms with van der Waals surface area (Å²) in [6, 6.07) is 18.6. The van der Waals surface area contributed by atoms with E-state index in [1.807, 2.05) is 42.3 Å². The third-order valence-electron chi connectivity index (χ3n) is 4.29. The zero-order chi connectivity index (χ0) is 19.5. The molecule has 0 aliphatic carbocycles. The van der Waals surface area contributed by atoms with Crippen molar-refractivity contribution in [1.82, 2.24) is 15.0 Å². The van der Waals surface area contributed by atoms with Crippen LogP contribution >= 0.6 is 0 Å². The lowest BCUT2D eigenvalue weighted by atomic mass is 10.2. The summed E-state index contributed by atoms with van der Waals surface area (Å²) in [5, 5.41) is 9.51. The molecule has 0 aliphatic rings. The van der Waals surface area contributed by atoms with E-state index >= 15 is 0 Å². The number of rotatable bonds is 4. The van der Waals surface area contributed by atoms with Gasteiger partial charge in [0.15, 0.2) is 0 Å². The minimum atomic E-state index is -0.281. The van der Waals surface area contributed by atoms with Crippen LogP contribution in [-0.2, 0) is 0 Å². The average Bonchev–Trinajstić information content (AvgIpc) is 2.74. The maximum absolute atomic E-state index is 12.1. The minimum absolute atomic E-state index is 0.105. The smallest absolute Gasteiger partial charge is 0.302 e. The number of nitrogens with one attached hydrogen (secondary N) is 1. The fourth-order valence-corrected chi connectivity index (χ4v) is 2.80. The molecular formula is C21H15N5O2.